The summed E-state index contributed by atoms with van der Waals surface area (Å²) >= 11 is 0. The summed E-state index contributed by atoms with van der Waals surface area (Å²) in [5, 5.41) is 3.00. The first-order valence-corrected chi connectivity index (χ1v) is 10.3. The van der Waals surface area contributed by atoms with Gasteiger partial charge in [0.15, 0.2) is 0 Å². The number of nitrogens with one attached hydrogen (secondary N) is 1. The van der Waals surface area contributed by atoms with Gasteiger partial charge in [-0.05, 0) is 77.3 Å². The van der Waals surface area contributed by atoms with E-state index in [0.717, 1.165) is 37.9 Å². The van der Waals surface area contributed by atoms with Crippen LogP contribution < -0.4 is 15.0 Å². The summed E-state index contributed by atoms with van der Waals surface area (Å²) in [6.07, 6.45) is 5.96. The van der Waals surface area contributed by atoms with Gasteiger partial charge in [0.25, 0.3) is 0 Å². The zero-order valence-corrected chi connectivity index (χ0v) is 17.5. The number of alkyl carbamates (subject to hydrolysis) is 1. The first-order valence-electron chi connectivity index (χ1n) is 10.3. The second-order valence-corrected chi connectivity index (χ2v) is 9.06. The van der Waals surface area contributed by atoms with Crippen molar-refractivity contribution in [3.63, 3.8) is 0 Å². The van der Waals surface area contributed by atoms with Crippen LogP contribution in [0, 0.1) is 11.7 Å². The maximum Gasteiger partial charge on any atom is 0.407 e. The minimum Gasteiger partial charge on any atom is -0.494 e. The fourth-order valence-corrected chi connectivity index (χ4v) is 3.92. The summed E-state index contributed by atoms with van der Waals surface area (Å²) in [6.45, 7) is 6.59. The third-order valence-electron chi connectivity index (χ3n) is 5.46. The van der Waals surface area contributed by atoms with E-state index >= 15 is 0 Å². The number of hydrogen-bond acceptors (Lipinski definition) is 4. The Balaban J connectivity index is 1.63. The van der Waals surface area contributed by atoms with Gasteiger partial charge in [0.05, 0.1) is 12.8 Å². The second-order valence-electron chi connectivity index (χ2n) is 9.06. The summed E-state index contributed by atoms with van der Waals surface area (Å²) in [5.41, 5.74) is 0.487. The van der Waals surface area contributed by atoms with Crippen LogP contribution in [0.5, 0.6) is 5.75 Å². The van der Waals surface area contributed by atoms with Gasteiger partial charge < -0.3 is 19.7 Å². The Labute approximate surface area is 167 Å². The zero-order valence-electron chi connectivity index (χ0n) is 17.5. The minimum atomic E-state index is -0.485. The van der Waals surface area contributed by atoms with E-state index in [1.807, 2.05) is 26.8 Å². The molecule has 0 bridgehead atoms. The van der Waals surface area contributed by atoms with Crippen LogP contribution in [0.1, 0.15) is 59.3 Å². The number of halogens is 1. The van der Waals surface area contributed by atoms with Crippen molar-refractivity contribution in [2.24, 2.45) is 5.92 Å². The predicted octanol–water partition coefficient (Wildman–Crippen LogP) is 4.89. The van der Waals surface area contributed by atoms with Crippen LogP contribution in [-0.4, -0.2) is 37.4 Å². The maximum atomic E-state index is 13.7. The smallest absolute Gasteiger partial charge is 0.407 e. The highest BCUT2D eigenvalue weighted by atomic mass is 19.1. The van der Waals surface area contributed by atoms with Crippen molar-refractivity contribution in [1.29, 1.82) is 0 Å². The lowest BCUT2D eigenvalue weighted by molar-refractivity contribution is 0.0491. The molecule has 3 rings (SSSR count). The van der Waals surface area contributed by atoms with E-state index in [0.29, 0.717) is 17.7 Å². The number of methoxy groups -OCH3 is 1. The normalized spacial score (nSPS) is 22.5. The first-order chi connectivity index (χ1) is 13.2. The van der Waals surface area contributed by atoms with Gasteiger partial charge in [-0.2, -0.15) is 0 Å². The van der Waals surface area contributed by atoms with Crippen molar-refractivity contribution in [2.75, 3.05) is 18.6 Å². The van der Waals surface area contributed by atoms with Crippen LogP contribution in [0.25, 0.3) is 0 Å². The van der Waals surface area contributed by atoms with Crippen molar-refractivity contribution >= 4 is 11.8 Å². The van der Waals surface area contributed by atoms with Gasteiger partial charge in [0, 0.05) is 24.7 Å². The lowest BCUT2D eigenvalue weighted by atomic mass is 9.89. The van der Waals surface area contributed by atoms with Crippen molar-refractivity contribution in [1.82, 2.24) is 5.32 Å². The summed E-state index contributed by atoms with van der Waals surface area (Å²) in [7, 11) is 1.59. The zero-order chi connectivity index (χ0) is 20.3. The molecule has 5 nitrogen and oxygen atoms in total. The molecule has 0 radical (unpaired) electrons. The Morgan fingerprint density at radius 2 is 1.86 bits per heavy atom. The lowest BCUT2D eigenvalue weighted by Gasteiger charge is -2.39. The van der Waals surface area contributed by atoms with Crippen LogP contribution in [0.2, 0.25) is 0 Å². The van der Waals surface area contributed by atoms with Gasteiger partial charge in [0.1, 0.15) is 17.2 Å². The minimum absolute atomic E-state index is 0.143. The van der Waals surface area contributed by atoms with Crippen molar-refractivity contribution in [3.05, 3.63) is 24.0 Å². The van der Waals surface area contributed by atoms with E-state index in [4.69, 9.17) is 9.47 Å². The standard InChI is InChI=1S/C22H33FN2O3/c1-22(2,3)28-21(26)24-17-8-10-18(11-9-17)25(14-15-5-6-15)19-12-7-16(23)13-20(19)27-4/h7,12-13,15,17-18H,5-6,8-11,14H2,1-4H3,(H,24,26). The maximum absolute atomic E-state index is 13.7. The van der Waals surface area contributed by atoms with Crippen molar-refractivity contribution in [3.8, 4) is 5.75 Å². The summed E-state index contributed by atoms with van der Waals surface area (Å²) < 4.78 is 24.5. The van der Waals surface area contributed by atoms with Crippen molar-refractivity contribution in [2.45, 2.75) is 77.0 Å². The van der Waals surface area contributed by atoms with Gasteiger partial charge in [-0.1, -0.05) is 0 Å². The van der Waals surface area contributed by atoms with E-state index < -0.39 is 5.60 Å². The summed E-state index contributed by atoms with van der Waals surface area (Å²) in [4.78, 5) is 14.4. The van der Waals surface area contributed by atoms with Gasteiger partial charge >= 0.3 is 6.09 Å². The molecule has 0 saturated heterocycles. The van der Waals surface area contributed by atoms with Crippen LogP contribution in [0.3, 0.4) is 0 Å². The molecule has 0 atom stereocenters. The highest BCUT2D eigenvalue weighted by molar-refractivity contribution is 5.68. The third kappa shape index (κ3) is 5.76. The molecule has 156 valence electrons. The number of ether oxygens (including phenoxy) is 2. The molecule has 0 aliphatic heterocycles. The molecule has 1 aromatic rings. The van der Waals surface area contributed by atoms with E-state index in [1.165, 1.54) is 25.0 Å². The molecule has 2 aliphatic rings. The van der Waals surface area contributed by atoms with Gasteiger partial charge in [-0.15, -0.1) is 0 Å². The second kappa shape index (κ2) is 8.58. The molecule has 0 aromatic heterocycles. The quantitative estimate of drug-likeness (QED) is 0.749. The highest BCUT2D eigenvalue weighted by Crippen LogP contribution is 2.39. The third-order valence-corrected chi connectivity index (χ3v) is 5.46. The molecule has 6 heteroatoms. The Morgan fingerprint density at radius 3 is 2.43 bits per heavy atom. The number of anilines is 1. The predicted molar refractivity (Wildman–Crippen MR) is 108 cm³/mol. The molecule has 28 heavy (non-hydrogen) atoms. The van der Waals surface area contributed by atoms with Crippen molar-refractivity contribution < 1.29 is 18.7 Å². The number of amides is 1. The molecule has 2 aliphatic carbocycles. The van der Waals surface area contributed by atoms with Gasteiger partial charge in [-0.3, -0.25) is 0 Å². The van der Waals surface area contributed by atoms with Crippen LogP contribution in [0.4, 0.5) is 14.9 Å². The van der Waals surface area contributed by atoms with E-state index in [-0.39, 0.29) is 18.0 Å². The van der Waals surface area contributed by atoms with Gasteiger partial charge in [0.2, 0.25) is 0 Å². The highest BCUT2D eigenvalue weighted by Gasteiger charge is 2.33. The Hall–Kier alpha value is -1.98. The topological polar surface area (TPSA) is 50.8 Å². The van der Waals surface area contributed by atoms with E-state index in [9.17, 15) is 9.18 Å². The number of benzene rings is 1. The van der Waals surface area contributed by atoms with Gasteiger partial charge in [-0.25, -0.2) is 9.18 Å². The average molecular weight is 393 g/mol. The molecular formula is C22H33FN2O3. The molecule has 0 spiro atoms. The average Bonchev–Trinajstić information content (AvgIpc) is 3.43. The molecular weight excluding hydrogens is 359 g/mol. The van der Waals surface area contributed by atoms with Crippen LogP contribution in [0.15, 0.2) is 18.2 Å². The van der Waals surface area contributed by atoms with Crippen LogP contribution in [-0.2, 0) is 4.74 Å². The van der Waals surface area contributed by atoms with Crippen LogP contribution >= 0.6 is 0 Å². The Kier molecular flexibility index (Phi) is 6.36. The number of hydrogen-bond donors (Lipinski definition) is 1. The first kappa shape index (κ1) is 20.7. The van der Waals surface area contributed by atoms with E-state index in [2.05, 4.69) is 10.2 Å². The summed E-state index contributed by atoms with van der Waals surface area (Å²) in [5.74, 6) is 1.03. The SMILES string of the molecule is COc1cc(F)ccc1N(CC1CC1)C1CCC(NC(=O)OC(C)(C)C)CC1. The monoisotopic (exact) mass is 392 g/mol. The molecule has 2 saturated carbocycles. The Bertz CT molecular complexity index is 677. The number of carbonyl (C=O) groups is 1. The number of rotatable bonds is 6. The van der Waals surface area contributed by atoms with E-state index in [1.54, 1.807) is 7.11 Å². The fourth-order valence-electron chi connectivity index (χ4n) is 3.92. The fraction of sp³-hybridized carbons (Fsp3) is 0.682. The summed E-state index contributed by atoms with van der Waals surface area (Å²) in [6, 6.07) is 5.32. The number of carbonyl (C=O) groups excluding carboxylic acids is 1. The molecule has 1 amide bonds. The Morgan fingerprint density at radius 1 is 1.18 bits per heavy atom. The largest absolute Gasteiger partial charge is 0.494 e. The number of nitrogens with zero attached hydrogens (tertiary/aromatic N) is 1. The molecule has 2 fully saturated rings. The molecule has 0 unspecified atom stereocenters. The molecule has 1 aromatic carbocycles. The molecule has 0 heterocycles. The lowest BCUT2D eigenvalue weighted by Crippen LogP contribution is -2.46. The molecule has 1 N–H and O–H groups in total.